The highest BCUT2D eigenvalue weighted by molar-refractivity contribution is 7.71. The first kappa shape index (κ1) is 16.3. The van der Waals surface area contributed by atoms with Crippen LogP contribution in [0, 0.1) is 4.77 Å². The van der Waals surface area contributed by atoms with Crippen molar-refractivity contribution in [2.75, 3.05) is 7.11 Å². The van der Waals surface area contributed by atoms with Crippen LogP contribution in [0.4, 0.5) is 0 Å². The molecule has 1 unspecified atom stereocenters. The highest BCUT2D eigenvalue weighted by atomic mass is 32.1. The maximum atomic E-state index is 12.0. The average molecular weight is 369 g/mol. The van der Waals surface area contributed by atoms with Gasteiger partial charge in [0.05, 0.1) is 24.8 Å². The summed E-state index contributed by atoms with van der Waals surface area (Å²) >= 11 is 5.33. The maximum Gasteiger partial charge on any atom is 0.339 e. The van der Waals surface area contributed by atoms with Crippen LogP contribution in [-0.2, 0) is 11.3 Å². The molecule has 1 aliphatic rings. The van der Waals surface area contributed by atoms with Gasteiger partial charge in [-0.05, 0) is 36.5 Å². The largest absolute Gasteiger partial charge is 0.507 e. The van der Waals surface area contributed by atoms with E-state index >= 15 is 0 Å². The Morgan fingerprint density at radius 3 is 2.92 bits per heavy atom. The molecule has 7 nitrogen and oxygen atoms in total. The van der Waals surface area contributed by atoms with E-state index in [2.05, 4.69) is 10.2 Å². The number of esters is 1. The number of rotatable bonds is 4. The predicted molar refractivity (Wildman–Crippen MR) is 95.7 cm³/mol. The topological polar surface area (TPSA) is 89.4 Å². The molecular weight excluding hydrogens is 354 g/mol. The molecule has 26 heavy (non-hydrogen) atoms. The molecular formula is C18H15N3O4S. The molecule has 2 heterocycles. The number of carbonyl (C=O) groups is 1. The Bertz CT molecular complexity index is 1060. The molecule has 0 fully saturated rings. The molecule has 1 aliphatic heterocycles. The lowest BCUT2D eigenvalue weighted by Crippen LogP contribution is -2.11. The molecule has 2 aromatic carbocycles. The van der Waals surface area contributed by atoms with E-state index in [0.29, 0.717) is 27.5 Å². The zero-order valence-corrected chi connectivity index (χ0v) is 14.6. The van der Waals surface area contributed by atoms with Gasteiger partial charge in [-0.15, -0.1) is 0 Å². The number of fused-ring (bicyclic) bond motifs is 1. The molecule has 0 bridgehead atoms. The number of nitrogens with one attached hydrogen (secondary N) is 1. The van der Waals surface area contributed by atoms with Crippen molar-refractivity contribution in [3.05, 3.63) is 58.4 Å². The van der Waals surface area contributed by atoms with Crippen LogP contribution in [0.15, 0.2) is 42.5 Å². The quantitative estimate of drug-likeness (QED) is 0.542. The molecule has 8 heteroatoms. The minimum absolute atomic E-state index is 0.0462. The monoisotopic (exact) mass is 369 g/mol. The molecule has 0 aliphatic carbocycles. The van der Waals surface area contributed by atoms with Crippen molar-refractivity contribution in [1.82, 2.24) is 14.8 Å². The molecule has 0 saturated heterocycles. The minimum Gasteiger partial charge on any atom is -0.507 e. The Kier molecular flexibility index (Phi) is 3.96. The van der Waals surface area contributed by atoms with Crippen molar-refractivity contribution in [2.45, 2.75) is 12.6 Å². The van der Waals surface area contributed by atoms with E-state index < -0.39 is 6.10 Å². The molecule has 1 atom stereocenters. The number of aromatic amines is 1. The van der Waals surface area contributed by atoms with Gasteiger partial charge in [0.15, 0.2) is 10.6 Å². The molecule has 0 spiro atoms. The van der Waals surface area contributed by atoms with Gasteiger partial charge in [-0.3, -0.25) is 9.67 Å². The van der Waals surface area contributed by atoms with Crippen molar-refractivity contribution in [2.24, 2.45) is 0 Å². The van der Waals surface area contributed by atoms with Crippen molar-refractivity contribution in [1.29, 1.82) is 0 Å². The van der Waals surface area contributed by atoms with Crippen molar-refractivity contribution < 1.29 is 19.4 Å². The zero-order valence-electron chi connectivity index (χ0n) is 13.8. The SMILES string of the molecule is COc1ccc(O)c(-c2n[nH]c(=S)n2CC2OC(=O)c3ccccc32)c1. The van der Waals surface area contributed by atoms with E-state index in [1.807, 2.05) is 12.1 Å². The second kappa shape index (κ2) is 6.30. The first-order valence-electron chi connectivity index (χ1n) is 7.91. The third kappa shape index (κ3) is 2.64. The standard InChI is InChI=1S/C18H15N3O4S/c1-24-10-6-7-14(22)13(8-10)16-19-20-18(26)21(16)9-15-11-4-2-3-5-12(11)17(23)25-15/h2-8,15,22H,9H2,1H3,(H,20,26). The van der Waals surface area contributed by atoms with Gasteiger partial charge >= 0.3 is 5.97 Å². The van der Waals surface area contributed by atoms with E-state index in [1.165, 1.54) is 6.07 Å². The van der Waals surface area contributed by atoms with Crippen LogP contribution in [0.25, 0.3) is 11.4 Å². The van der Waals surface area contributed by atoms with Crippen LogP contribution in [0.2, 0.25) is 0 Å². The van der Waals surface area contributed by atoms with Crippen molar-refractivity contribution >= 4 is 18.2 Å². The van der Waals surface area contributed by atoms with Gasteiger partial charge in [0.1, 0.15) is 17.6 Å². The number of aromatic nitrogens is 3. The van der Waals surface area contributed by atoms with E-state index in [0.717, 1.165) is 5.56 Å². The molecule has 132 valence electrons. The van der Waals surface area contributed by atoms with Gasteiger partial charge in [-0.2, -0.15) is 5.10 Å². The predicted octanol–water partition coefficient (Wildman–Crippen LogP) is 3.23. The number of benzene rings is 2. The number of methoxy groups -OCH3 is 1. The molecule has 0 saturated carbocycles. The Morgan fingerprint density at radius 1 is 1.31 bits per heavy atom. The number of cyclic esters (lactones) is 1. The van der Waals surface area contributed by atoms with Gasteiger partial charge in [-0.1, -0.05) is 18.2 Å². The van der Waals surface area contributed by atoms with Crippen LogP contribution < -0.4 is 4.74 Å². The van der Waals surface area contributed by atoms with Crippen molar-refractivity contribution in [3.8, 4) is 22.9 Å². The summed E-state index contributed by atoms with van der Waals surface area (Å²) in [5.74, 6) is 0.707. The number of hydrogen-bond donors (Lipinski definition) is 2. The number of carbonyl (C=O) groups excluding carboxylic acids is 1. The summed E-state index contributed by atoms with van der Waals surface area (Å²) in [5, 5.41) is 17.2. The van der Waals surface area contributed by atoms with E-state index in [-0.39, 0.29) is 18.3 Å². The van der Waals surface area contributed by atoms with Gasteiger partial charge in [-0.25, -0.2) is 4.79 Å². The molecule has 2 N–H and O–H groups in total. The zero-order chi connectivity index (χ0) is 18.3. The van der Waals surface area contributed by atoms with Crippen LogP contribution in [-0.4, -0.2) is 33.0 Å². The highest BCUT2D eigenvalue weighted by Gasteiger charge is 2.31. The molecule has 3 aromatic rings. The fourth-order valence-corrected chi connectivity index (χ4v) is 3.24. The second-order valence-corrected chi connectivity index (χ2v) is 6.21. The van der Waals surface area contributed by atoms with Gasteiger partial charge in [0.2, 0.25) is 0 Å². The summed E-state index contributed by atoms with van der Waals surface area (Å²) in [7, 11) is 1.54. The Labute approximate surface area is 153 Å². The lowest BCUT2D eigenvalue weighted by molar-refractivity contribution is 0.0349. The Hall–Kier alpha value is -3.13. The third-order valence-corrected chi connectivity index (χ3v) is 4.64. The van der Waals surface area contributed by atoms with Gasteiger partial charge < -0.3 is 14.6 Å². The summed E-state index contributed by atoms with van der Waals surface area (Å²) < 4.78 is 12.8. The number of phenolic OH excluding ortho intramolecular Hbond substituents is 1. The normalized spacial score (nSPS) is 15.6. The summed E-state index contributed by atoms with van der Waals surface area (Å²) in [6, 6.07) is 12.1. The summed E-state index contributed by atoms with van der Waals surface area (Å²) in [4.78, 5) is 12.0. The van der Waals surface area contributed by atoms with Crippen LogP contribution in [0.5, 0.6) is 11.5 Å². The van der Waals surface area contributed by atoms with Gasteiger partial charge in [0, 0.05) is 5.56 Å². The summed E-state index contributed by atoms with van der Waals surface area (Å²) in [6.07, 6.45) is -0.477. The fourth-order valence-electron chi connectivity index (χ4n) is 3.04. The van der Waals surface area contributed by atoms with Crippen LogP contribution in [0.3, 0.4) is 0 Å². The lowest BCUT2D eigenvalue weighted by atomic mass is 10.1. The van der Waals surface area contributed by atoms with E-state index in [4.69, 9.17) is 21.7 Å². The first-order valence-corrected chi connectivity index (χ1v) is 8.32. The highest BCUT2D eigenvalue weighted by Crippen LogP contribution is 2.35. The Balaban J connectivity index is 1.75. The Morgan fingerprint density at radius 2 is 2.12 bits per heavy atom. The molecule has 0 radical (unpaired) electrons. The molecule has 0 amide bonds. The van der Waals surface area contributed by atoms with Gasteiger partial charge in [0.25, 0.3) is 0 Å². The van der Waals surface area contributed by atoms with Crippen molar-refractivity contribution in [3.63, 3.8) is 0 Å². The number of H-pyrrole nitrogens is 1. The molecule has 4 rings (SSSR count). The van der Waals surface area contributed by atoms with E-state index in [1.54, 1.807) is 35.9 Å². The maximum absolute atomic E-state index is 12.0. The number of ether oxygens (including phenoxy) is 2. The number of aromatic hydroxyl groups is 1. The second-order valence-electron chi connectivity index (χ2n) is 5.83. The fraction of sp³-hybridized carbons (Fsp3) is 0.167. The number of hydrogen-bond acceptors (Lipinski definition) is 6. The number of nitrogens with zero attached hydrogens (tertiary/aromatic N) is 2. The summed E-state index contributed by atoms with van der Waals surface area (Å²) in [5.41, 5.74) is 1.83. The lowest BCUT2D eigenvalue weighted by Gasteiger charge is -2.14. The summed E-state index contributed by atoms with van der Waals surface area (Å²) in [6.45, 7) is 0.282. The smallest absolute Gasteiger partial charge is 0.339 e. The average Bonchev–Trinajstić information content (AvgIpc) is 3.17. The first-order chi connectivity index (χ1) is 12.6. The van der Waals surface area contributed by atoms with E-state index in [9.17, 15) is 9.90 Å². The minimum atomic E-state index is -0.477. The van der Waals surface area contributed by atoms with Crippen LogP contribution in [0.1, 0.15) is 22.0 Å². The third-order valence-electron chi connectivity index (χ3n) is 4.33. The molecule has 1 aromatic heterocycles. The number of phenols is 1. The van der Waals surface area contributed by atoms with Crippen LogP contribution >= 0.6 is 12.2 Å².